The molecule has 0 spiro atoms. The van der Waals surface area contributed by atoms with E-state index >= 15 is 0 Å². The molecule has 0 radical (unpaired) electrons. The van der Waals surface area contributed by atoms with Crippen LogP contribution in [-0.2, 0) is 17.8 Å². The van der Waals surface area contributed by atoms with Crippen LogP contribution in [0, 0.1) is 0 Å². The van der Waals surface area contributed by atoms with Crippen LogP contribution >= 0.6 is 0 Å². The van der Waals surface area contributed by atoms with Gasteiger partial charge in [-0.25, -0.2) is 0 Å². The molecule has 1 aliphatic heterocycles. The maximum Gasteiger partial charge on any atom is 0.231 e. The van der Waals surface area contributed by atoms with E-state index in [-0.39, 0.29) is 18.6 Å². The second-order valence-corrected chi connectivity index (χ2v) is 4.47. The van der Waals surface area contributed by atoms with Gasteiger partial charge in [-0.15, -0.1) is 0 Å². The summed E-state index contributed by atoms with van der Waals surface area (Å²) in [6, 6.07) is 3.96. The summed E-state index contributed by atoms with van der Waals surface area (Å²) in [6.45, 7) is 2.71. The zero-order valence-electron chi connectivity index (χ0n) is 10.7. The van der Waals surface area contributed by atoms with Gasteiger partial charge in [-0.05, 0) is 19.1 Å². The van der Waals surface area contributed by atoms with E-state index in [1.165, 1.54) is 0 Å². The molecular weight excluding hydrogens is 232 g/mol. The van der Waals surface area contributed by atoms with Gasteiger partial charge in [0.25, 0.3) is 0 Å². The molecular formula is C13H18N2O3. The van der Waals surface area contributed by atoms with Crippen molar-refractivity contribution in [1.82, 2.24) is 5.32 Å². The summed E-state index contributed by atoms with van der Waals surface area (Å²) >= 11 is 0. The van der Waals surface area contributed by atoms with E-state index in [1.807, 2.05) is 19.1 Å². The standard InChI is InChI=1S/C13H18N2O3/c1-8-3-9-4-11(17-2)10(5-12(9)18-8)6-15-7-13(14)16/h4-5,8,15H,3,6-7H2,1-2H3,(H2,14,16). The van der Waals surface area contributed by atoms with Gasteiger partial charge in [0.15, 0.2) is 0 Å². The third-order valence-electron chi connectivity index (χ3n) is 2.91. The van der Waals surface area contributed by atoms with Gasteiger partial charge in [0.05, 0.1) is 13.7 Å². The molecule has 18 heavy (non-hydrogen) atoms. The fourth-order valence-electron chi connectivity index (χ4n) is 2.13. The van der Waals surface area contributed by atoms with Gasteiger partial charge in [-0.3, -0.25) is 4.79 Å². The van der Waals surface area contributed by atoms with E-state index in [0.29, 0.717) is 6.54 Å². The lowest BCUT2D eigenvalue weighted by Crippen LogP contribution is -2.28. The van der Waals surface area contributed by atoms with E-state index in [1.54, 1.807) is 7.11 Å². The van der Waals surface area contributed by atoms with Crippen LogP contribution in [0.5, 0.6) is 11.5 Å². The van der Waals surface area contributed by atoms with Crippen LogP contribution in [0.25, 0.3) is 0 Å². The Morgan fingerprint density at radius 3 is 3.06 bits per heavy atom. The molecule has 3 N–H and O–H groups in total. The summed E-state index contributed by atoms with van der Waals surface area (Å²) in [7, 11) is 1.64. The number of primary amides is 1. The zero-order valence-corrected chi connectivity index (χ0v) is 10.7. The number of carbonyl (C=O) groups is 1. The molecule has 1 unspecified atom stereocenters. The van der Waals surface area contributed by atoms with E-state index < -0.39 is 0 Å². The van der Waals surface area contributed by atoms with Crippen molar-refractivity contribution in [2.45, 2.75) is 26.0 Å². The number of hydrogen-bond donors (Lipinski definition) is 2. The molecule has 1 atom stereocenters. The summed E-state index contributed by atoms with van der Waals surface area (Å²) in [5.41, 5.74) is 7.21. The number of fused-ring (bicyclic) bond motifs is 1. The second kappa shape index (κ2) is 5.27. The number of nitrogens with one attached hydrogen (secondary N) is 1. The molecule has 0 aliphatic carbocycles. The van der Waals surface area contributed by atoms with Gasteiger partial charge in [-0.2, -0.15) is 0 Å². The Balaban J connectivity index is 2.14. The van der Waals surface area contributed by atoms with Crippen molar-refractivity contribution in [3.05, 3.63) is 23.3 Å². The monoisotopic (exact) mass is 250 g/mol. The van der Waals surface area contributed by atoms with Crippen LogP contribution in [0.4, 0.5) is 0 Å². The van der Waals surface area contributed by atoms with Gasteiger partial charge >= 0.3 is 0 Å². The Labute approximate surface area is 106 Å². The highest BCUT2D eigenvalue weighted by atomic mass is 16.5. The average Bonchev–Trinajstić information content (AvgIpc) is 2.66. The number of carbonyl (C=O) groups excluding carboxylic acids is 1. The van der Waals surface area contributed by atoms with Crippen molar-refractivity contribution >= 4 is 5.91 Å². The van der Waals surface area contributed by atoms with Crippen molar-refractivity contribution in [3.63, 3.8) is 0 Å². The highest BCUT2D eigenvalue weighted by Gasteiger charge is 2.21. The number of nitrogens with two attached hydrogens (primary N) is 1. The lowest BCUT2D eigenvalue weighted by molar-refractivity contribution is -0.117. The molecule has 1 aromatic rings. The molecule has 0 saturated heterocycles. The third-order valence-corrected chi connectivity index (χ3v) is 2.91. The molecule has 1 heterocycles. The van der Waals surface area contributed by atoms with Crippen LogP contribution in [0.2, 0.25) is 0 Å². The third kappa shape index (κ3) is 2.73. The van der Waals surface area contributed by atoms with Crippen molar-refractivity contribution in [1.29, 1.82) is 0 Å². The van der Waals surface area contributed by atoms with Crippen molar-refractivity contribution in [3.8, 4) is 11.5 Å². The first-order chi connectivity index (χ1) is 8.60. The minimum Gasteiger partial charge on any atom is -0.496 e. The lowest BCUT2D eigenvalue weighted by atomic mass is 10.1. The van der Waals surface area contributed by atoms with E-state index in [4.69, 9.17) is 15.2 Å². The van der Waals surface area contributed by atoms with E-state index in [0.717, 1.165) is 29.0 Å². The smallest absolute Gasteiger partial charge is 0.231 e. The molecule has 1 aromatic carbocycles. The first-order valence-corrected chi connectivity index (χ1v) is 5.95. The maximum atomic E-state index is 10.7. The maximum absolute atomic E-state index is 10.7. The largest absolute Gasteiger partial charge is 0.496 e. The Hall–Kier alpha value is -1.75. The van der Waals surface area contributed by atoms with Crippen LogP contribution < -0.4 is 20.5 Å². The highest BCUT2D eigenvalue weighted by Crippen LogP contribution is 2.34. The molecule has 1 amide bonds. The number of methoxy groups -OCH3 is 1. The predicted octanol–water partition coefficient (Wildman–Crippen LogP) is 0.593. The molecule has 2 rings (SSSR count). The number of benzene rings is 1. The molecule has 0 saturated carbocycles. The summed E-state index contributed by atoms with van der Waals surface area (Å²) < 4.78 is 11.1. The fourth-order valence-corrected chi connectivity index (χ4v) is 2.13. The van der Waals surface area contributed by atoms with Crippen molar-refractivity contribution < 1.29 is 14.3 Å². The minimum atomic E-state index is -0.375. The van der Waals surface area contributed by atoms with Crippen LogP contribution in [0.15, 0.2) is 12.1 Å². The Morgan fingerprint density at radius 1 is 1.61 bits per heavy atom. The summed E-state index contributed by atoms with van der Waals surface area (Å²) in [4.78, 5) is 10.7. The van der Waals surface area contributed by atoms with Crippen LogP contribution in [-0.4, -0.2) is 25.7 Å². The summed E-state index contributed by atoms with van der Waals surface area (Å²) in [6.07, 6.45) is 1.11. The quantitative estimate of drug-likeness (QED) is 0.802. The lowest BCUT2D eigenvalue weighted by Gasteiger charge is -2.11. The molecule has 5 nitrogen and oxygen atoms in total. The van der Waals surface area contributed by atoms with Crippen LogP contribution in [0.3, 0.4) is 0 Å². The average molecular weight is 250 g/mol. The first-order valence-electron chi connectivity index (χ1n) is 5.95. The predicted molar refractivity (Wildman–Crippen MR) is 67.7 cm³/mol. The molecule has 0 aromatic heterocycles. The van der Waals surface area contributed by atoms with Gasteiger partial charge < -0.3 is 20.5 Å². The Morgan fingerprint density at radius 2 is 2.39 bits per heavy atom. The normalized spacial score (nSPS) is 17.1. The molecule has 0 fully saturated rings. The number of hydrogen-bond acceptors (Lipinski definition) is 4. The molecule has 1 aliphatic rings. The molecule has 0 bridgehead atoms. The van der Waals surface area contributed by atoms with Crippen molar-refractivity contribution in [2.75, 3.05) is 13.7 Å². The van der Waals surface area contributed by atoms with Gasteiger partial charge in [0.1, 0.15) is 17.6 Å². The zero-order chi connectivity index (χ0) is 13.1. The summed E-state index contributed by atoms with van der Waals surface area (Å²) in [5, 5.41) is 2.97. The SMILES string of the molecule is COc1cc2c(cc1CNCC(N)=O)OC(C)C2. The fraction of sp³-hybridized carbons (Fsp3) is 0.462. The number of rotatable bonds is 5. The summed E-state index contributed by atoms with van der Waals surface area (Å²) in [5.74, 6) is 1.34. The minimum absolute atomic E-state index is 0.150. The topological polar surface area (TPSA) is 73.6 Å². The highest BCUT2D eigenvalue weighted by molar-refractivity contribution is 5.75. The Kier molecular flexibility index (Phi) is 3.72. The van der Waals surface area contributed by atoms with Gasteiger partial charge in [0.2, 0.25) is 5.91 Å². The molecule has 98 valence electrons. The first kappa shape index (κ1) is 12.7. The second-order valence-electron chi connectivity index (χ2n) is 4.47. The van der Waals surface area contributed by atoms with E-state index in [9.17, 15) is 4.79 Å². The number of ether oxygens (including phenoxy) is 2. The van der Waals surface area contributed by atoms with E-state index in [2.05, 4.69) is 5.32 Å². The Bertz CT molecular complexity index is 460. The molecule has 5 heteroatoms. The van der Waals surface area contributed by atoms with Gasteiger partial charge in [0, 0.05) is 24.1 Å². The van der Waals surface area contributed by atoms with Crippen molar-refractivity contribution in [2.24, 2.45) is 5.73 Å². The van der Waals surface area contributed by atoms with Crippen LogP contribution in [0.1, 0.15) is 18.1 Å². The van der Waals surface area contributed by atoms with Gasteiger partial charge in [-0.1, -0.05) is 0 Å². The number of amides is 1.